The van der Waals surface area contributed by atoms with Crippen LogP contribution in [0.3, 0.4) is 0 Å². The highest BCUT2D eigenvalue weighted by Gasteiger charge is 2.10. The van der Waals surface area contributed by atoms with Crippen molar-refractivity contribution in [1.29, 1.82) is 0 Å². The molecular weight excluding hydrogens is 166 g/mol. The fraction of sp³-hybridized carbons (Fsp3) is 0.300. The SMILES string of the molecule is C/C=C/c1[nH]ccc1C(=O)OCC. The Balaban J connectivity index is 2.87. The molecule has 70 valence electrons. The van der Waals surface area contributed by atoms with Crippen LogP contribution < -0.4 is 0 Å². The summed E-state index contributed by atoms with van der Waals surface area (Å²) in [5.41, 5.74) is 1.38. The van der Waals surface area contributed by atoms with Gasteiger partial charge < -0.3 is 9.72 Å². The normalized spacial score (nSPS) is 10.6. The third kappa shape index (κ3) is 2.21. The van der Waals surface area contributed by atoms with Crippen LogP contribution in [0.15, 0.2) is 18.3 Å². The number of allylic oxidation sites excluding steroid dienone is 1. The molecule has 1 rings (SSSR count). The quantitative estimate of drug-likeness (QED) is 0.723. The fourth-order valence-corrected chi connectivity index (χ4v) is 1.07. The lowest BCUT2D eigenvalue weighted by Crippen LogP contribution is -2.04. The largest absolute Gasteiger partial charge is 0.462 e. The van der Waals surface area contributed by atoms with Crippen molar-refractivity contribution in [3.8, 4) is 0 Å². The summed E-state index contributed by atoms with van der Waals surface area (Å²) >= 11 is 0. The standard InChI is InChI=1S/C10H13NO2/c1-3-5-9-8(6-7-11-9)10(12)13-4-2/h3,5-7,11H,4H2,1-2H3/b5-3+. The predicted octanol–water partition coefficient (Wildman–Crippen LogP) is 2.22. The monoisotopic (exact) mass is 179 g/mol. The summed E-state index contributed by atoms with van der Waals surface area (Å²) in [5, 5.41) is 0. The van der Waals surface area contributed by atoms with Crippen molar-refractivity contribution >= 4 is 12.0 Å². The minimum Gasteiger partial charge on any atom is -0.462 e. The summed E-state index contributed by atoms with van der Waals surface area (Å²) in [6, 6.07) is 1.72. The Morgan fingerprint density at radius 2 is 2.46 bits per heavy atom. The van der Waals surface area contributed by atoms with Crippen LogP contribution in [-0.2, 0) is 4.74 Å². The molecule has 1 aromatic heterocycles. The maximum atomic E-state index is 11.3. The molecule has 0 aliphatic rings. The van der Waals surface area contributed by atoms with Crippen LogP contribution in [0.5, 0.6) is 0 Å². The maximum absolute atomic E-state index is 11.3. The molecule has 0 saturated carbocycles. The highest BCUT2D eigenvalue weighted by Crippen LogP contribution is 2.10. The van der Waals surface area contributed by atoms with Gasteiger partial charge in [-0.1, -0.05) is 6.08 Å². The van der Waals surface area contributed by atoms with Gasteiger partial charge in [0.05, 0.1) is 17.9 Å². The van der Waals surface area contributed by atoms with E-state index in [0.29, 0.717) is 12.2 Å². The number of ether oxygens (including phenoxy) is 1. The second-order valence-electron chi connectivity index (χ2n) is 2.53. The Morgan fingerprint density at radius 3 is 3.08 bits per heavy atom. The molecule has 0 bridgehead atoms. The van der Waals surface area contributed by atoms with Gasteiger partial charge in [-0.25, -0.2) is 4.79 Å². The number of aromatic amines is 1. The van der Waals surface area contributed by atoms with Crippen molar-refractivity contribution in [1.82, 2.24) is 4.98 Å². The second kappa shape index (κ2) is 4.50. The zero-order valence-corrected chi connectivity index (χ0v) is 7.83. The maximum Gasteiger partial charge on any atom is 0.340 e. The van der Waals surface area contributed by atoms with Gasteiger partial charge in [-0.3, -0.25) is 0 Å². The number of aromatic nitrogens is 1. The first-order chi connectivity index (χ1) is 6.29. The predicted molar refractivity (Wildman–Crippen MR) is 51.5 cm³/mol. The minimum absolute atomic E-state index is 0.281. The highest BCUT2D eigenvalue weighted by molar-refractivity contribution is 5.93. The van der Waals surface area contributed by atoms with E-state index >= 15 is 0 Å². The number of H-pyrrole nitrogens is 1. The molecule has 1 N–H and O–H groups in total. The number of rotatable bonds is 3. The summed E-state index contributed by atoms with van der Waals surface area (Å²) < 4.78 is 4.88. The minimum atomic E-state index is -0.281. The van der Waals surface area contributed by atoms with Gasteiger partial charge in [0.1, 0.15) is 0 Å². The van der Waals surface area contributed by atoms with Gasteiger partial charge in [-0.05, 0) is 26.0 Å². The Kier molecular flexibility index (Phi) is 3.31. The van der Waals surface area contributed by atoms with E-state index in [-0.39, 0.29) is 5.97 Å². The lowest BCUT2D eigenvalue weighted by Gasteiger charge is -1.99. The first kappa shape index (κ1) is 9.58. The van der Waals surface area contributed by atoms with E-state index < -0.39 is 0 Å². The molecule has 0 aromatic carbocycles. The second-order valence-corrected chi connectivity index (χ2v) is 2.53. The van der Waals surface area contributed by atoms with E-state index in [2.05, 4.69) is 4.98 Å². The van der Waals surface area contributed by atoms with Crippen LogP contribution in [-0.4, -0.2) is 17.6 Å². The van der Waals surface area contributed by atoms with Crippen molar-refractivity contribution in [2.75, 3.05) is 6.61 Å². The van der Waals surface area contributed by atoms with Crippen molar-refractivity contribution in [2.24, 2.45) is 0 Å². The van der Waals surface area contributed by atoms with Gasteiger partial charge in [0.25, 0.3) is 0 Å². The zero-order valence-electron chi connectivity index (χ0n) is 7.83. The molecule has 0 aliphatic carbocycles. The summed E-state index contributed by atoms with van der Waals surface area (Å²) in [7, 11) is 0. The van der Waals surface area contributed by atoms with Gasteiger partial charge in [-0.2, -0.15) is 0 Å². The molecule has 13 heavy (non-hydrogen) atoms. The molecular formula is C10H13NO2. The third-order valence-corrected chi connectivity index (χ3v) is 1.61. The molecule has 0 amide bonds. The van der Waals surface area contributed by atoms with E-state index in [1.807, 2.05) is 19.1 Å². The molecule has 1 aromatic rings. The number of carbonyl (C=O) groups excluding carboxylic acids is 1. The topological polar surface area (TPSA) is 42.1 Å². The summed E-state index contributed by atoms with van der Waals surface area (Å²) in [4.78, 5) is 14.3. The van der Waals surface area contributed by atoms with Gasteiger partial charge in [0.2, 0.25) is 0 Å². The van der Waals surface area contributed by atoms with Crippen molar-refractivity contribution < 1.29 is 9.53 Å². The van der Waals surface area contributed by atoms with Crippen molar-refractivity contribution in [2.45, 2.75) is 13.8 Å². The van der Waals surface area contributed by atoms with Crippen LogP contribution in [0.25, 0.3) is 6.08 Å². The average Bonchev–Trinajstić information content (AvgIpc) is 2.54. The van der Waals surface area contributed by atoms with Gasteiger partial charge in [0.15, 0.2) is 0 Å². The average molecular weight is 179 g/mol. The fourth-order valence-electron chi connectivity index (χ4n) is 1.07. The number of hydrogen-bond donors (Lipinski definition) is 1. The first-order valence-electron chi connectivity index (χ1n) is 4.26. The third-order valence-electron chi connectivity index (χ3n) is 1.61. The summed E-state index contributed by atoms with van der Waals surface area (Å²) in [5.74, 6) is -0.281. The number of esters is 1. The molecule has 1 heterocycles. The van der Waals surface area contributed by atoms with Crippen LogP contribution >= 0.6 is 0 Å². The lowest BCUT2D eigenvalue weighted by atomic mass is 10.2. The van der Waals surface area contributed by atoms with Crippen LogP contribution in [0, 0.1) is 0 Å². The number of carbonyl (C=O) groups is 1. The van der Waals surface area contributed by atoms with Gasteiger partial charge in [-0.15, -0.1) is 0 Å². The van der Waals surface area contributed by atoms with Crippen LogP contribution in [0.2, 0.25) is 0 Å². The van der Waals surface area contributed by atoms with Crippen LogP contribution in [0.4, 0.5) is 0 Å². The van der Waals surface area contributed by atoms with Crippen LogP contribution in [0.1, 0.15) is 29.9 Å². The smallest absolute Gasteiger partial charge is 0.340 e. The zero-order chi connectivity index (χ0) is 9.68. The number of nitrogens with one attached hydrogen (secondary N) is 1. The van der Waals surface area contributed by atoms with Crippen molar-refractivity contribution in [3.63, 3.8) is 0 Å². The molecule has 3 nitrogen and oxygen atoms in total. The van der Waals surface area contributed by atoms with Gasteiger partial charge in [0, 0.05) is 6.20 Å². The van der Waals surface area contributed by atoms with E-state index in [0.717, 1.165) is 5.69 Å². The molecule has 0 fully saturated rings. The Morgan fingerprint density at radius 1 is 1.69 bits per heavy atom. The Hall–Kier alpha value is -1.51. The Bertz CT molecular complexity index is 312. The molecule has 0 radical (unpaired) electrons. The first-order valence-corrected chi connectivity index (χ1v) is 4.26. The molecule has 0 atom stereocenters. The molecule has 0 aliphatic heterocycles. The molecule has 0 unspecified atom stereocenters. The molecule has 0 spiro atoms. The molecule has 0 saturated heterocycles. The highest BCUT2D eigenvalue weighted by atomic mass is 16.5. The summed E-state index contributed by atoms with van der Waals surface area (Å²) in [6.45, 7) is 4.09. The van der Waals surface area contributed by atoms with E-state index in [9.17, 15) is 4.79 Å². The van der Waals surface area contributed by atoms with E-state index in [1.165, 1.54) is 0 Å². The van der Waals surface area contributed by atoms with E-state index in [4.69, 9.17) is 4.74 Å². The lowest BCUT2D eigenvalue weighted by molar-refractivity contribution is 0.0526. The molecule has 3 heteroatoms. The Labute approximate surface area is 77.4 Å². The van der Waals surface area contributed by atoms with Gasteiger partial charge >= 0.3 is 5.97 Å². The van der Waals surface area contributed by atoms with E-state index in [1.54, 1.807) is 19.2 Å². The number of hydrogen-bond acceptors (Lipinski definition) is 2. The van der Waals surface area contributed by atoms with Crippen molar-refractivity contribution in [3.05, 3.63) is 29.6 Å². The summed E-state index contributed by atoms with van der Waals surface area (Å²) in [6.07, 6.45) is 5.43.